The normalized spacial score (nSPS) is 15.1. The van der Waals surface area contributed by atoms with Crippen molar-refractivity contribution in [1.82, 2.24) is 15.1 Å². The molecule has 0 spiro atoms. The largest absolute Gasteiger partial charge is 0.378 e. The molecule has 0 radical (unpaired) electrons. The molecule has 2 aromatic carbocycles. The Morgan fingerprint density at radius 1 is 1.06 bits per heavy atom. The average molecular weight is 453 g/mol. The summed E-state index contributed by atoms with van der Waals surface area (Å²) >= 11 is 6.16. The molecule has 0 saturated carbocycles. The monoisotopic (exact) mass is 452 g/mol. The topological polar surface area (TPSA) is 59.4 Å². The Balaban J connectivity index is 1.51. The first kappa shape index (κ1) is 22.4. The van der Waals surface area contributed by atoms with E-state index >= 15 is 0 Å². The van der Waals surface area contributed by atoms with E-state index in [4.69, 9.17) is 16.3 Å². The molecule has 1 aliphatic heterocycles. The van der Waals surface area contributed by atoms with E-state index < -0.39 is 0 Å². The van der Waals surface area contributed by atoms with Crippen molar-refractivity contribution < 1.29 is 9.53 Å². The van der Waals surface area contributed by atoms with Crippen LogP contribution in [0.15, 0.2) is 54.7 Å². The summed E-state index contributed by atoms with van der Waals surface area (Å²) in [7, 11) is 0. The Morgan fingerprint density at radius 2 is 1.78 bits per heavy atom. The third-order valence-electron chi connectivity index (χ3n) is 5.77. The summed E-state index contributed by atoms with van der Waals surface area (Å²) in [6.07, 6.45) is 1.64. The van der Waals surface area contributed by atoms with Crippen LogP contribution in [-0.4, -0.2) is 42.0 Å². The zero-order valence-electron chi connectivity index (χ0n) is 18.7. The Hall–Kier alpha value is -2.83. The molecule has 1 amide bonds. The molecule has 2 heterocycles. The van der Waals surface area contributed by atoms with E-state index in [1.165, 1.54) is 5.69 Å². The molecule has 0 bridgehead atoms. The molecule has 1 atom stereocenters. The van der Waals surface area contributed by atoms with Gasteiger partial charge in [0.15, 0.2) is 0 Å². The lowest BCUT2D eigenvalue weighted by Crippen LogP contribution is -2.36. The van der Waals surface area contributed by atoms with E-state index in [2.05, 4.69) is 53.4 Å². The minimum Gasteiger partial charge on any atom is -0.378 e. The van der Waals surface area contributed by atoms with Gasteiger partial charge in [-0.05, 0) is 48.7 Å². The third kappa shape index (κ3) is 4.81. The standard InChI is InChI=1S/C25H29ClN4O2/c1-17(2)24-23(16-27-30(24)22-6-4-5-20(26)15-22)25(31)28-18(3)19-7-9-21(10-8-19)29-11-13-32-14-12-29/h4-10,15-18H,11-14H2,1-3H3,(H,28,31). The Bertz CT molecular complexity index is 1070. The fourth-order valence-corrected chi connectivity index (χ4v) is 4.24. The Labute approximate surface area is 194 Å². The van der Waals surface area contributed by atoms with Crippen molar-refractivity contribution in [3.05, 3.63) is 76.6 Å². The lowest BCUT2D eigenvalue weighted by Gasteiger charge is -2.29. The summed E-state index contributed by atoms with van der Waals surface area (Å²) in [6.45, 7) is 9.44. The molecule has 1 aromatic heterocycles. The van der Waals surface area contributed by atoms with Crippen molar-refractivity contribution in [2.45, 2.75) is 32.7 Å². The fourth-order valence-electron chi connectivity index (χ4n) is 4.06. The maximum absolute atomic E-state index is 13.2. The van der Waals surface area contributed by atoms with Crippen LogP contribution in [0.2, 0.25) is 5.02 Å². The highest BCUT2D eigenvalue weighted by molar-refractivity contribution is 6.30. The number of ether oxygens (including phenoxy) is 1. The quantitative estimate of drug-likeness (QED) is 0.573. The number of halogens is 1. The molecule has 1 unspecified atom stereocenters. The first-order chi connectivity index (χ1) is 15.4. The summed E-state index contributed by atoms with van der Waals surface area (Å²) < 4.78 is 7.23. The number of nitrogens with one attached hydrogen (secondary N) is 1. The molecule has 7 heteroatoms. The van der Waals surface area contributed by atoms with Crippen LogP contribution >= 0.6 is 11.6 Å². The van der Waals surface area contributed by atoms with Gasteiger partial charge < -0.3 is 15.0 Å². The first-order valence-corrected chi connectivity index (χ1v) is 11.4. The van der Waals surface area contributed by atoms with Crippen LogP contribution in [0, 0.1) is 0 Å². The number of rotatable bonds is 6. The molecular weight excluding hydrogens is 424 g/mol. The van der Waals surface area contributed by atoms with Crippen LogP contribution in [-0.2, 0) is 4.74 Å². The number of carbonyl (C=O) groups is 1. The number of hydrogen-bond acceptors (Lipinski definition) is 4. The molecule has 4 rings (SSSR count). The van der Waals surface area contributed by atoms with Crippen molar-refractivity contribution in [3.8, 4) is 5.69 Å². The lowest BCUT2D eigenvalue weighted by atomic mass is 10.0. The van der Waals surface area contributed by atoms with Gasteiger partial charge in [0.1, 0.15) is 0 Å². The van der Waals surface area contributed by atoms with Gasteiger partial charge >= 0.3 is 0 Å². The molecule has 3 aromatic rings. The van der Waals surface area contributed by atoms with Crippen molar-refractivity contribution in [2.75, 3.05) is 31.2 Å². The van der Waals surface area contributed by atoms with Crippen LogP contribution < -0.4 is 10.2 Å². The number of aromatic nitrogens is 2. The fraction of sp³-hybridized carbons (Fsp3) is 0.360. The molecule has 6 nitrogen and oxygen atoms in total. The predicted octanol–water partition coefficient (Wildman–Crippen LogP) is 4.98. The molecule has 32 heavy (non-hydrogen) atoms. The van der Waals surface area contributed by atoms with E-state index in [-0.39, 0.29) is 17.9 Å². The van der Waals surface area contributed by atoms with Gasteiger partial charge in [-0.25, -0.2) is 4.68 Å². The van der Waals surface area contributed by atoms with Crippen molar-refractivity contribution in [1.29, 1.82) is 0 Å². The van der Waals surface area contributed by atoms with Crippen molar-refractivity contribution in [3.63, 3.8) is 0 Å². The minimum atomic E-state index is -0.133. The molecule has 0 aliphatic carbocycles. The number of nitrogens with zero attached hydrogens (tertiary/aromatic N) is 3. The number of hydrogen-bond donors (Lipinski definition) is 1. The van der Waals surface area contributed by atoms with Crippen LogP contribution in [0.3, 0.4) is 0 Å². The zero-order valence-corrected chi connectivity index (χ0v) is 19.5. The van der Waals surface area contributed by atoms with E-state index in [0.717, 1.165) is 43.2 Å². The lowest BCUT2D eigenvalue weighted by molar-refractivity contribution is 0.0938. The van der Waals surface area contributed by atoms with Gasteiger partial charge in [0.05, 0.1) is 42.4 Å². The Kier molecular flexibility index (Phi) is 6.82. The van der Waals surface area contributed by atoms with Crippen molar-refractivity contribution >= 4 is 23.2 Å². The molecular formula is C25H29ClN4O2. The van der Waals surface area contributed by atoms with Crippen LogP contribution in [0.1, 0.15) is 54.3 Å². The van der Waals surface area contributed by atoms with Gasteiger partial charge in [0.2, 0.25) is 0 Å². The number of benzene rings is 2. The van der Waals surface area contributed by atoms with Gasteiger partial charge in [-0.2, -0.15) is 5.10 Å². The second-order valence-electron chi connectivity index (χ2n) is 8.38. The molecule has 1 fully saturated rings. The highest BCUT2D eigenvalue weighted by atomic mass is 35.5. The van der Waals surface area contributed by atoms with Crippen molar-refractivity contribution in [2.24, 2.45) is 0 Å². The van der Waals surface area contributed by atoms with Crippen LogP contribution in [0.4, 0.5) is 5.69 Å². The molecule has 1 saturated heterocycles. The second-order valence-corrected chi connectivity index (χ2v) is 8.81. The van der Waals surface area contributed by atoms with Gasteiger partial charge in [-0.15, -0.1) is 0 Å². The van der Waals surface area contributed by atoms with E-state index in [0.29, 0.717) is 10.6 Å². The minimum absolute atomic E-state index is 0.111. The number of morpholine rings is 1. The number of amides is 1. The van der Waals surface area contributed by atoms with Gasteiger partial charge in [-0.3, -0.25) is 4.79 Å². The molecule has 1 N–H and O–H groups in total. The number of anilines is 1. The summed E-state index contributed by atoms with van der Waals surface area (Å²) in [6, 6.07) is 15.7. The van der Waals surface area contributed by atoms with Crippen LogP contribution in [0.25, 0.3) is 5.69 Å². The summed E-state index contributed by atoms with van der Waals surface area (Å²) in [5, 5.41) is 8.26. The highest BCUT2D eigenvalue weighted by Crippen LogP contribution is 2.26. The smallest absolute Gasteiger partial charge is 0.255 e. The van der Waals surface area contributed by atoms with E-state index in [1.54, 1.807) is 10.9 Å². The maximum atomic E-state index is 13.2. The zero-order chi connectivity index (χ0) is 22.7. The Morgan fingerprint density at radius 3 is 2.44 bits per heavy atom. The van der Waals surface area contributed by atoms with Gasteiger partial charge in [-0.1, -0.05) is 43.6 Å². The maximum Gasteiger partial charge on any atom is 0.255 e. The van der Waals surface area contributed by atoms with E-state index in [1.807, 2.05) is 31.2 Å². The summed E-state index contributed by atoms with van der Waals surface area (Å²) in [5.74, 6) is -0.0212. The summed E-state index contributed by atoms with van der Waals surface area (Å²) in [5.41, 5.74) is 4.52. The molecule has 168 valence electrons. The van der Waals surface area contributed by atoms with Gasteiger partial charge in [0, 0.05) is 23.8 Å². The van der Waals surface area contributed by atoms with Gasteiger partial charge in [0.25, 0.3) is 5.91 Å². The average Bonchev–Trinajstić information content (AvgIpc) is 3.26. The first-order valence-electron chi connectivity index (χ1n) is 11.0. The van der Waals surface area contributed by atoms with Crippen LogP contribution in [0.5, 0.6) is 0 Å². The molecule has 1 aliphatic rings. The summed E-state index contributed by atoms with van der Waals surface area (Å²) in [4.78, 5) is 15.5. The van der Waals surface area contributed by atoms with E-state index in [9.17, 15) is 4.79 Å². The SMILES string of the molecule is CC(C)c1c(C(=O)NC(C)c2ccc(N3CCOCC3)cc2)cnn1-c1cccc(Cl)c1. The third-order valence-corrected chi connectivity index (χ3v) is 6.00. The second kappa shape index (κ2) is 9.76. The predicted molar refractivity (Wildman–Crippen MR) is 128 cm³/mol. The highest BCUT2D eigenvalue weighted by Gasteiger charge is 2.22. The number of carbonyl (C=O) groups excluding carboxylic acids is 1.